The lowest BCUT2D eigenvalue weighted by Crippen LogP contribution is -2.27. The van der Waals surface area contributed by atoms with Gasteiger partial charge in [-0.25, -0.2) is 0 Å². The van der Waals surface area contributed by atoms with E-state index in [4.69, 9.17) is 0 Å². The van der Waals surface area contributed by atoms with Gasteiger partial charge in [-0.3, -0.25) is 0 Å². The summed E-state index contributed by atoms with van der Waals surface area (Å²) in [6, 6.07) is 9.26. The molecule has 2 atom stereocenters. The molecule has 0 fully saturated rings. The molecule has 0 bridgehead atoms. The van der Waals surface area contributed by atoms with E-state index in [9.17, 15) is 0 Å². The first kappa shape index (κ1) is 16.0. The summed E-state index contributed by atoms with van der Waals surface area (Å²) in [7, 11) is 2.21. The molecule has 19 heavy (non-hydrogen) atoms. The Kier molecular flexibility index (Phi) is 6.93. The van der Waals surface area contributed by atoms with E-state index in [2.05, 4.69) is 69.2 Å². The molecule has 1 rings (SSSR count). The second-order valence-electron chi connectivity index (χ2n) is 5.47. The van der Waals surface area contributed by atoms with Crippen molar-refractivity contribution in [3.8, 4) is 0 Å². The minimum Gasteiger partial charge on any atom is -0.374 e. The molecule has 0 aliphatic carbocycles. The maximum atomic E-state index is 3.58. The molecule has 2 heteroatoms. The Balaban J connectivity index is 2.93. The van der Waals surface area contributed by atoms with Crippen LogP contribution < -0.4 is 10.2 Å². The molecule has 2 nitrogen and oxygen atoms in total. The van der Waals surface area contributed by atoms with Crippen molar-refractivity contribution in [1.82, 2.24) is 5.32 Å². The minimum absolute atomic E-state index is 0.459. The average molecular weight is 262 g/mol. The molecule has 0 heterocycles. The largest absolute Gasteiger partial charge is 0.374 e. The van der Waals surface area contributed by atoms with Gasteiger partial charge in [0.15, 0.2) is 0 Å². The predicted molar refractivity (Wildman–Crippen MR) is 85.9 cm³/mol. The fourth-order valence-corrected chi connectivity index (χ4v) is 2.55. The summed E-state index contributed by atoms with van der Waals surface area (Å²) < 4.78 is 0. The fraction of sp³-hybridized carbons (Fsp3) is 0.647. The highest BCUT2D eigenvalue weighted by atomic mass is 15.1. The molecular formula is C17H30N2. The third-order valence-electron chi connectivity index (χ3n) is 3.86. The summed E-state index contributed by atoms with van der Waals surface area (Å²) in [6.07, 6.45) is 2.36. The van der Waals surface area contributed by atoms with Crippen LogP contribution in [-0.4, -0.2) is 20.1 Å². The van der Waals surface area contributed by atoms with Crippen molar-refractivity contribution in [2.75, 3.05) is 25.0 Å². The normalized spacial score (nSPS) is 14.2. The minimum atomic E-state index is 0.459. The summed E-state index contributed by atoms with van der Waals surface area (Å²) in [4.78, 5) is 2.41. The first-order valence-electron chi connectivity index (χ1n) is 7.67. The number of nitrogens with one attached hydrogen (secondary N) is 1. The molecular weight excluding hydrogens is 232 g/mol. The van der Waals surface area contributed by atoms with Gasteiger partial charge in [0, 0.05) is 25.3 Å². The van der Waals surface area contributed by atoms with Crippen LogP contribution in [0.15, 0.2) is 24.3 Å². The SMILES string of the molecule is CCNC(CC)c1ccccc1N(C)CC(C)CC. The van der Waals surface area contributed by atoms with Gasteiger partial charge >= 0.3 is 0 Å². The van der Waals surface area contributed by atoms with E-state index in [1.807, 2.05) is 0 Å². The highest BCUT2D eigenvalue weighted by Crippen LogP contribution is 2.28. The van der Waals surface area contributed by atoms with Gasteiger partial charge in [-0.1, -0.05) is 52.3 Å². The molecule has 108 valence electrons. The zero-order valence-corrected chi connectivity index (χ0v) is 13.2. The Hall–Kier alpha value is -1.02. The quantitative estimate of drug-likeness (QED) is 0.754. The molecule has 0 saturated heterocycles. The molecule has 0 spiro atoms. The van der Waals surface area contributed by atoms with Crippen LogP contribution in [0.2, 0.25) is 0 Å². The van der Waals surface area contributed by atoms with Gasteiger partial charge in [-0.05, 0) is 30.5 Å². The smallest absolute Gasteiger partial charge is 0.0412 e. The van der Waals surface area contributed by atoms with Gasteiger partial charge in [0.05, 0.1) is 0 Å². The van der Waals surface area contributed by atoms with Crippen LogP contribution >= 0.6 is 0 Å². The van der Waals surface area contributed by atoms with Crippen LogP contribution in [0.5, 0.6) is 0 Å². The Morgan fingerprint density at radius 2 is 1.79 bits per heavy atom. The van der Waals surface area contributed by atoms with Gasteiger partial charge in [0.25, 0.3) is 0 Å². The standard InChI is InChI=1S/C17H30N2/c1-6-14(4)13-19(5)17-12-10-9-11-15(17)16(7-2)18-8-3/h9-12,14,16,18H,6-8,13H2,1-5H3. The zero-order valence-electron chi connectivity index (χ0n) is 13.2. The van der Waals surface area contributed by atoms with Crippen LogP contribution in [-0.2, 0) is 0 Å². The molecule has 1 aromatic carbocycles. The molecule has 0 aliphatic heterocycles. The van der Waals surface area contributed by atoms with E-state index in [0.29, 0.717) is 6.04 Å². The van der Waals surface area contributed by atoms with Crippen LogP contribution in [0.25, 0.3) is 0 Å². The van der Waals surface area contributed by atoms with Gasteiger partial charge < -0.3 is 10.2 Å². The Morgan fingerprint density at radius 3 is 2.37 bits per heavy atom. The third-order valence-corrected chi connectivity index (χ3v) is 3.86. The number of para-hydroxylation sites is 1. The van der Waals surface area contributed by atoms with E-state index in [0.717, 1.165) is 25.4 Å². The summed E-state index contributed by atoms with van der Waals surface area (Å²) in [5, 5.41) is 3.58. The average Bonchev–Trinajstić information content (AvgIpc) is 2.44. The maximum Gasteiger partial charge on any atom is 0.0412 e. The van der Waals surface area contributed by atoms with Crippen molar-refractivity contribution >= 4 is 5.69 Å². The molecule has 1 N–H and O–H groups in total. The van der Waals surface area contributed by atoms with Crippen molar-refractivity contribution in [3.63, 3.8) is 0 Å². The van der Waals surface area contributed by atoms with Gasteiger partial charge in [-0.15, -0.1) is 0 Å². The molecule has 0 saturated carbocycles. The highest BCUT2D eigenvalue weighted by Gasteiger charge is 2.15. The number of nitrogens with zero attached hydrogens (tertiary/aromatic N) is 1. The van der Waals surface area contributed by atoms with Crippen molar-refractivity contribution in [1.29, 1.82) is 0 Å². The molecule has 0 aliphatic rings. The number of hydrogen-bond donors (Lipinski definition) is 1. The number of rotatable bonds is 8. The highest BCUT2D eigenvalue weighted by molar-refractivity contribution is 5.54. The van der Waals surface area contributed by atoms with E-state index in [1.165, 1.54) is 17.7 Å². The molecule has 0 amide bonds. The van der Waals surface area contributed by atoms with Crippen LogP contribution in [0, 0.1) is 5.92 Å². The van der Waals surface area contributed by atoms with Gasteiger partial charge in [0.1, 0.15) is 0 Å². The lowest BCUT2D eigenvalue weighted by molar-refractivity contribution is 0.530. The Morgan fingerprint density at radius 1 is 1.11 bits per heavy atom. The fourth-order valence-electron chi connectivity index (χ4n) is 2.55. The first-order chi connectivity index (χ1) is 9.13. The monoisotopic (exact) mass is 262 g/mol. The van der Waals surface area contributed by atoms with E-state index in [1.54, 1.807) is 0 Å². The molecule has 1 aromatic rings. The zero-order chi connectivity index (χ0) is 14.3. The topological polar surface area (TPSA) is 15.3 Å². The lowest BCUT2D eigenvalue weighted by Gasteiger charge is -2.28. The van der Waals surface area contributed by atoms with E-state index in [-0.39, 0.29) is 0 Å². The summed E-state index contributed by atoms with van der Waals surface area (Å²) in [5.41, 5.74) is 2.80. The molecule has 0 radical (unpaired) electrons. The molecule has 2 unspecified atom stereocenters. The van der Waals surface area contributed by atoms with Gasteiger partial charge in [-0.2, -0.15) is 0 Å². The molecule has 0 aromatic heterocycles. The third kappa shape index (κ3) is 4.54. The Bertz CT molecular complexity index is 362. The maximum absolute atomic E-state index is 3.58. The van der Waals surface area contributed by atoms with Crippen LogP contribution in [0.3, 0.4) is 0 Å². The number of anilines is 1. The summed E-state index contributed by atoms with van der Waals surface area (Å²) >= 11 is 0. The van der Waals surface area contributed by atoms with Crippen molar-refractivity contribution in [2.24, 2.45) is 5.92 Å². The van der Waals surface area contributed by atoms with E-state index < -0.39 is 0 Å². The number of benzene rings is 1. The van der Waals surface area contributed by atoms with Crippen molar-refractivity contribution in [3.05, 3.63) is 29.8 Å². The summed E-state index contributed by atoms with van der Waals surface area (Å²) in [5.74, 6) is 0.734. The van der Waals surface area contributed by atoms with Crippen molar-refractivity contribution in [2.45, 2.75) is 46.6 Å². The second kappa shape index (κ2) is 8.21. The predicted octanol–water partition coefficient (Wildman–Crippen LogP) is 4.23. The van der Waals surface area contributed by atoms with Crippen LogP contribution in [0.1, 0.15) is 52.1 Å². The number of hydrogen-bond acceptors (Lipinski definition) is 2. The summed E-state index contributed by atoms with van der Waals surface area (Å²) in [6.45, 7) is 11.1. The first-order valence-corrected chi connectivity index (χ1v) is 7.67. The lowest BCUT2D eigenvalue weighted by atomic mass is 10.0. The second-order valence-corrected chi connectivity index (χ2v) is 5.47. The van der Waals surface area contributed by atoms with Crippen molar-refractivity contribution < 1.29 is 0 Å². The van der Waals surface area contributed by atoms with Crippen LogP contribution in [0.4, 0.5) is 5.69 Å². The van der Waals surface area contributed by atoms with Gasteiger partial charge in [0.2, 0.25) is 0 Å². The Labute approximate surface area is 119 Å². The van der Waals surface area contributed by atoms with E-state index >= 15 is 0 Å².